The molecule has 19 heavy (non-hydrogen) atoms. The van der Waals surface area contributed by atoms with E-state index in [1.165, 1.54) is 5.01 Å². The summed E-state index contributed by atoms with van der Waals surface area (Å²) in [5.41, 5.74) is 2.10. The number of benzene rings is 1. The molecular formula is C14H16N2O2S. The summed E-state index contributed by atoms with van der Waals surface area (Å²) >= 11 is 1.71. The molecule has 3 rings (SSSR count). The van der Waals surface area contributed by atoms with Gasteiger partial charge in [0.2, 0.25) is 0 Å². The van der Waals surface area contributed by atoms with Crippen LogP contribution in [0.25, 0.3) is 0 Å². The predicted octanol–water partition coefficient (Wildman–Crippen LogP) is 3.09. The second kappa shape index (κ2) is 5.48. The number of thiazole rings is 1. The number of anilines is 1. The van der Waals surface area contributed by atoms with Crippen LogP contribution < -0.4 is 14.8 Å². The Morgan fingerprint density at radius 2 is 2.11 bits per heavy atom. The van der Waals surface area contributed by atoms with Crippen molar-refractivity contribution in [2.45, 2.75) is 19.9 Å². The largest absolute Gasteiger partial charge is 0.486 e. The zero-order valence-electron chi connectivity index (χ0n) is 10.8. The lowest BCUT2D eigenvalue weighted by atomic mass is 10.2. The summed E-state index contributed by atoms with van der Waals surface area (Å²) in [5, 5.41) is 6.64. The van der Waals surface area contributed by atoms with Crippen LogP contribution >= 0.6 is 11.3 Å². The van der Waals surface area contributed by atoms with Crippen molar-refractivity contribution in [3.63, 3.8) is 0 Å². The minimum Gasteiger partial charge on any atom is -0.486 e. The van der Waals surface area contributed by atoms with Crippen molar-refractivity contribution in [3.05, 3.63) is 34.3 Å². The van der Waals surface area contributed by atoms with Crippen molar-refractivity contribution in [1.82, 2.24) is 4.98 Å². The van der Waals surface area contributed by atoms with Crippen LogP contribution in [0, 0.1) is 0 Å². The third kappa shape index (κ3) is 2.81. The van der Waals surface area contributed by atoms with Gasteiger partial charge in [0.1, 0.15) is 13.2 Å². The molecule has 100 valence electrons. The van der Waals surface area contributed by atoms with Gasteiger partial charge in [-0.05, 0) is 18.6 Å². The number of hydrogen-bond donors (Lipinski definition) is 1. The molecule has 0 unspecified atom stereocenters. The zero-order valence-corrected chi connectivity index (χ0v) is 11.6. The monoisotopic (exact) mass is 276 g/mol. The lowest BCUT2D eigenvalue weighted by molar-refractivity contribution is 0.171. The standard InChI is InChI=1S/C14H16N2O2S/c1-2-14-16-11(9-19-14)8-15-10-3-4-12-13(7-10)18-6-5-17-12/h3-4,7,9,15H,2,5-6,8H2,1H3. The molecule has 1 aliphatic heterocycles. The van der Waals surface area contributed by atoms with Crippen molar-refractivity contribution < 1.29 is 9.47 Å². The van der Waals surface area contributed by atoms with E-state index in [4.69, 9.17) is 9.47 Å². The number of fused-ring (bicyclic) bond motifs is 1. The first kappa shape index (κ1) is 12.3. The quantitative estimate of drug-likeness (QED) is 0.932. The van der Waals surface area contributed by atoms with Crippen molar-refractivity contribution >= 4 is 17.0 Å². The van der Waals surface area contributed by atoms with Crippen LogP contribution in [0.5, 0.6) is 11.5 Å². The molecule has 0 amide bonds. The molecule has 0 aliphatic carbocycles. The van der Waals surface area contributed by atoms with Crippen LogP contribution in [0.4, 0.5) is 5.69 Å². The summed E-state index contributed by atoms with van der Waals surface area (Å²) < 4.78 is 11.1. The molecule has 0 fully saturated rings. The average molecular weight is 276 g/mol. The topological polar surface area (TPSA) is 43.4 Å². The van der Waals surface area contributed by atoms with E-state index in [0.717, 1.165) is 35.8 Å². The van der Waals surface area contributed by atoms with Gasteiger partial charge in [-0.15, -0.1) is 11.3 Å². The molecule has 0 saturated heterocycles. The Morgan fingerprint density at radius 1 is 1.26 bits per heavy atom. The fourth-order valence-corrected chi connectivity index (χ4v) is 2.68. The van der Waals surface area contributed by atoms with Crippen LogP contribution in [0.2, 0.25) is 0 Å². The first-order valence-corrected chi connectivity index (χ1v) is 7.30. The molecule has 0 saturated carbocycles. The number of nitrogens with zero attached hydrogens (tertiary/aromatic N) is 1. The van der Waals surface area contributed by atoms with E-state index >= 15 is 0 Å². The highest BCUT2D eigenvalue weighted by atomic mass is 32.1. The second-order valence-corrected chi connectivity index (χ2v) is 5.24. The maximum atomic E-state index is 5.56. The SMILES string of the molecule is CCc1nc(CNc2ccc3c(c2)OCCO3)cs1. The fraction of sp³-hybridized carbons (Fsp3) is 0.357. The number of ether oxygens (including phenoxy) is 2. The summed E-state index contributed by atoms with van der Waals surface area (Å²) in [7, 11) is 0. The first-order valence-electron chi connectivity index (χ1n) is 6.42. The summed E-state index contributed by atoms with van der Waals surface area (Å²) in [4.78, 5) is 4.53. The smallest absolute Gasteiger partial charge is 0.163 e. The number of nitrogens with one attached hydrogen (secondary N) is 1. The minimum atomic E-state index is 0.613. The Kier molecular flexibility index (Phi) is 3.55. The molecule has 0 atom stereocenters. The van der Waals surface area contributed by atoms with Gasteiger partial charge in [-0.1, -0.05) is 6.92 Å². The highest BCUT2D eigenvalue weighted by molar-refractivity contribution is 7.09. The fourth-order valence-electron chi connectivity index (χ4n) is 1.94. The summed E-state index contributed by atoms with van der Waals surface area (Å²) in [6.07, 6.45) is 0.995. The van der Waals surface area contributed by atoms with Crippen molar-refractivity contribution in [2.24, 2.45) is 0 Å². The van der Waals surface area contributed by atoms with E-state index in [2.05, 4.69) is 22.6 Å². The molecule has 1 aromatic heterocycles. The lowest BCUT2D eigenvalue weighted by Gasteiger charge is -2.19. The Labute approximate surface area is 116 Å². The number of hydrogen-bond acceptors (Lipinski definition) is 5. The highest BCUT2D eigenvalue weighted by Crippen LogP contribution is 2.32. The molecule has 0 spiro atoms. The van der Waals surface area contributed by atoms with Gasteiger partial charge in [0.05, 0.1) is 17.2 Å². The van der Waals surface area contributed by atoms with E-state index in [1.807, 2.05) is 18.2 Å². The Morgan fingerprint density at radius 3 is 2.89 bits per heavy atom. The van der Waals surface area contributed by atoms with E-state index in [9.17, 15) is 0 Å². The maximum Gasteiger partial charge on any atom is 0.163 e. The van der Waals surface area contributed by atoms with Crippen LogP contribution in [0.15, 0.2) is 23.6 Å². The highest BCUT2D eigenvalue weighted by Gasteiger charge is 2.11. The molecule has 1 N–H and O–H groups in total. The molecule has 2 aromatic rings. The molecule has 0 bridgehead atoms. The van der Waals surface area contributed by atoms with Gasteiger partial charge < -0.3 is 14.8 Å². The van der Waals surface area contributed by atoms with Gasteiger partial charge in [-0.25, -0.2) is 4.98 Å². The minimum absolute atomic E-state index is 0.613. The Hall–Kier alpha value is -1.75. The average Bonchev–Trinajstić information content (AvgIpc) is 2.93. The summed E-state index contributed by atoms with van der Waals surface area (Å²) in [6.45, 7) is 4.09. The molecule has 5 heteroatoms. The number of aromatic nitrogens is 1. The zero-order chi connectivity index (χ0) is 13.1. The maximum absolute atomic E-state index is 5.56. The van der Waals surface area contributed by atoms with Crippen LogP contribution in [0.1, 0.15) is 17.6 Å². The Balaban J connectivity index is 1.66. The summed E-state index contributed by atoms with van der Waals surface area (Å²) in [5.74, 6) is 1.63. The van der Waals surface area contributed by atoms with Crippen molar-refractivity contribution in [3.8, 4) is 11.5 Å². The van der Waals surface area contributed by atoms with Gasteiger partial charge in [0.25, 0.3) is 0 Å². The van der Waals surface area contributed by atoms with Gasteiger partial charge in [0.15, 0.2) is 11.5 Å². The van der Waals surface area contributed by atoms with Crippen molar-refractivity contribution in [1.29, 1.82) is 0 Å². The van der Waals surface area contributed by atoms with E-state index in [0.29, 0.717) is 13.2 Å². The van der Waals surface area contributed by atoms with Crippen LogP contribution in [-0.4, -0.2) is 18.2 Å². The third-order valence-electron chi connectivity index (χ3n) is 2.92. The third-order valence-corrected chi connectivity index (χ3v) is 3.96. The van der Waals surface area contributed by atoms with E-state index in [1.54, 1.807) is 11.3 Å². The van der Waals surface area contributed by atoms with E-state index in [-0.39, 0.29) is 0 Å². The van der Waals surface area contributed by atoms with Crippen molar-refractivity contribution in [2.75, 3.05) is 18.5 Å². The first-order chi connectivity index (χ1) is 9.35. The molecule has 1 aromatic carbocycles. The normalized spacial score (nSPS) is 13.3. The van der Waals surface area contributed by atoms with Gasteiger partial charge in [-0.2, -0.15) is 0 Å². The van der Waals surface area contributed by atoms with Crippen LogP contribution in [-0.2, 0) is 13.0 Å². The lowest BCUT2D eigenvalue weighted by Crippen LogP contribution is -2.15. The number of rotatable bonds is 4. The molecule has 2 heterocycles. The predicted molar refractivity (Wildman–Crippen MR) is 76.3 cm³/mol. The van der Waals surface area contributed by atoms with Crippen LogP contribution in [0.3, 0.4) is 0 Å². The van der Waals surface area contributed by atoms with Gasteiger partial charge in [0, 0.05) is 17.1 Å². The molecule has 0 radical (unpaired) electrons. The molecule has 1 aliphatic rings. The molecular weight excluding hydrogens is 260 g/mol. The Bertz CT molecular complexity index is 568. The van der Waals surface area contributed by atoms with E-state index < -0.39 is 0 Å². The van der Waals surface area contributed by atoms with Gasteiger partial charge in [-0.3, -0.25) is 0 Å². The number of aryl methyl sites for hydroxylation is 1. The van der Waals surface area contributed by atoms with Gasteiger partial charge >= 0.3 is 0 Å². The second-order valence-electron chi connectivity index (χ2n) is 4.30. The summed E-state index contributed by atoms with van der Waals surface area (Å²) in [6, 6.07) is 5.91. The molecule has 4 nitrogen and oxygen atoms in total.